The van der Waals surface area contributed by atoms with E-state index in [2.05, 4.69) is 10.5 Å². The van der Waals surface area contributed by atoms with Crippen LogP contribution >= 0.6 is 0 Å². The molecule has 0 aliphatic carbocycles. The molecular weight excluding hydrogens is 250 g/mol. The third-order valence-electron chi connectivity index (χ3n) is 2.92. The maximum Gasteiger partial charge on any atom is 0.323 e. The smallest absolute Gasteiger partial charge is 0.323 e. The molecule has 0 aliphatic heterocycles. The molecule has 0 fully saturated rings. The highest BCUT2D eigenvalue weighted by molar-refractivity contribution is 5.91. The van der Waals surface area contributed by atoms with Crippen molar-refractivity contribution in [1.82, 2.24) is 10.1 Å². The maximum atomic E-state index is 11.8. The molecule has 1 amide bonds. The van der Waals surface area contributed by atoms with Gasteiger partial charge in [0.05, 0.1) is 12.2 Å². The number of carbonyl (C=O) groups excluding carboxylic acids is 1. The first-order valence-electron chi connectivity index (χ1n) is 5.99. The number of carboxylic acid groups (broad SMARTS) is 1. The summed E-state index contributed by atoms with van der Waals surface area (Å²) in [6, 6.07) is 1.59. The van der Waals surface area contributed by atoms with Gasteiger partial charge in [-0.1, -0.05) is 12.1 Å². The lowest BCUT2D eigenvalue weighted by atomic mass is 10.0. The highest BCUT2D eigenvalue weighted by Crippen LogP contribution is 2.15. The summed E-state index contributed by atoms with van der Waals surface area (Å²) in [5.74, 6) is -1.06. The first kappa shape index (κ1) is 15.2. The quantitative estimate of drug-likeness (QED) is 0.803. The Morgan fingerprint density at radius 3 is 2.58 bits per heavy atom. The molecule has 1 heterocycles. The third kappa shape index (κ3) is 3.78. The van der Waals surface area contributed by atoms with Crippen molar-refractivity contribution in [3.05, 3.63) is 11.8 Å². The van der Waals surface area contributed by atoms with Crippen molar-refractivity contribution >= 4 is 17.8 Å². The Kier molecular flexibility index (Phi) is 4.66. The number of hydrogen-bond acceptors (Lipinski definition) is 5. The lowest BCUT2D eigenvalue weighted by Gasteiger charge is -2.33. The number of anilines is 1. The predicted molar refractivity (Wildman–Crippen MR) is 68.8 cm³/mol. The van der Waals surface area contributed by atoms with Crippen LogP contribution in [0, 0.1) is 6.92 Å². The molecule has 1 aromatic heterocycles. The van der Waals surface area contributed by atoms with Gasteiger partial charge in [-0.2, -0.15) is 0 Å². The van der Waals surface area contributed by atoms with Crippen molar-refractivity contribution in [3.8, 4) is 0 Å². The van der Waals surface area contributed by atoms with Crippen molar-refractivity contribution in [2.45, 2.75) is 33.2 Å². The second-order valence-corrected chi connectivity index (χ2v) is 4.76. The van der Waals surface area contributed by atoms with Gasteiger partial charge in [-0.05, 0) is 27.3 Å². The van der Waals surface area contributed by atoms with Crippen LogP contribution in [0.1, 0.15) is 26.5 Å². The minimum Gasteiger partial charge on any atom is -0.480 e. The standard InChI is InChI=1S/C12H19N3O4/c1-5-15(12(3,4)11(17)18)7-9(16)13-10-6-8(2)14-19-10/h6H,5,7H2,1-4H3,(H,13,16)(H,17,18). The highest BCUT2D eigenvalue weighted by Gasteiger charge is 2.34. The minimum atomic E-state index is -1.11. The number of rotatable bonds is 6. The van der Waals surface area contributed by atoms with Crippen molar-refractivity contribution in [3.63, 3.8) is 0 Å². The van der Waals surface area contributed by atoms with Gasteiger partial charge in [-0.25, -0.2) is 0 Å². The summed E-state index contributed by atoms with van der Waals surface area (Å²) < 4.78 is 4.87. The lowest BCUT2D eigenvalue weighted by Crippen LogP contribution is -2.52. The van der Waals surface area contributed by atoms with Crippen LogP contribution in [0.5, 0.6) is 0 Å². The van der Waals surface area contributed by atoms with Crippen LogP contribution < -0.4 is 5.32 Å². The zero-order valence-electron chi connectivity index (χ0n) is 11.6. The van der Waals surface area contributed by atoms with Crippen LogP contribution in [0.3, 0.4) is 0 Å². The molecule has 7 nitrogen and oxygen atoms in total. The Balaban J connectivity index is 2.66. The molecule has 0 spiro atoms. The molecule has 0 aliphatic rings. The van der Waals surface area contributed by atoms with Crippen molar-refractivity contribution in [2.75, 3.05) is 18.4 Å². The number of nitrogens with one attached hydrogen (secondary N) is 1. The first-order valence-corrected chi connectivity index (χ1v) is 5.99. The van der Waals surface area contributed by atoms with Gasteiger partial charge in [-0.3, -0.25) is 19.8 Å². The van der Waals surface area contributed by atoms with Crippen molar-refractivity contribution < 1.29 is 19.2 Å². The minimum absolute atomic E-state index is 0.0322. The fourth-order valence-corrected chi connectivity index (χ4v) is 1.61. The lowest BCUT2D eigenvalue weighted by molar-refractivity contribution is -0.149. The molecule has 0 radical (unpaired) electrons. The van der Waals surface area contributed by atoms with E-state index in [1.807, 2.05) is 0 Å². The fourth-order valence-electron chi connectivity index (χ4n) is 1.61. The average molecular weight is 269 g/mol. The van der Waals surface area contributed by atoms with E-state index in [1.165, 1.54) is 0 Å². The molecule has 2 N–H and O–H groups in total. The monoisotopic (exact) mass is 269 g/mol. The highest BCUT2D eigenvalue weighted by atomic mass is 16.5. The molecule has 0 saturated heterocycles. The second-order valence-electron chi connectivity index (χ2n) is 4.76. The zero-order chi connectivity index (χ0) is 14.6. The topological polar surface area (TPSA) is 95.7 Å². The number of amides is 1. The van der Waals surface area contributed by atoms with Crippen LogP contribution in [0.15, 0.2) is 10.6 Å². The summed E-state index contributed by atoms with van der Waals surface area (Å²) in [7, 11) is 0. The van der Waals surface area contributed by atoms with E-state index in [4.69, 9.17) is 9.63 Å². The van der Waals surface area contributed by atoms with Crippen LogP contribution in [0.4, 0.5) is 5.88 Å². The second kappa shape index (κ2) is 5.83. The number of hydrogen-bond donors (Lipinski definition) is 2. The van der Waals surface area contributed by atoms with Gasteiger partial charge in [0.1, 0.15) is 5.54 Å². The van der Waals surface area contributed by atoms with E-state index >= 15 is 0 Å². The van der Waals surface area contributed by atoms with Crippen LogP contribution in [-0.2, 0) is 9.59 Å². The van der Waals surface area contributed by atoms with E-state index in [0.29, 0.717) is 12.2 Å². The van der Waals surface area contributed by atoms with E-state index in [1.54, 1.807) is 38.7 Å². The largest absolute Gasteiger partial charge is 0.480 e. The van der Waals surface area contributed by atoms with Crippen LogP contribution in [-0.4, -0.2) is 45.7 Å². The summed E-state index contributed by atoms with van der Waals surface area (Å²) in [5, 5.41) is 15.3. The number of carbonyl (C=O) groups is 2. The molecular formula is C12H19N3O4. The summed E-state index contributed by atoms with van der Waals surface area (Å²) in [5.41, 5.74) is -0.447. The van der Waals surface area contributed by atoms with Crippen LogP contribution in [0.2, 0.25) is 0 Å². The Labute approximate surface area is 111 Å². The van der Waals surface area contributed by atoms with E-state index in [0.717, 1.165) is 0 Å². The Morgan fingerprint density at radius 2 is 2.16 bits per heavy atom. The number of aliphatic carboxylic acids is 1. The molecule has 0 unspecified atom stereocenters. The molecule has 0 aromatic carbocycles. The van der Waals surface area contributed by atoms with Crippen LogP contribution in [0.25, 0.3) is 0 Å². The molecule has 106 valence electrons. The molecule has 1 aromatic rings. The van der Waals surface area contributed by atoms with Gasteiger partial charge in [-0.15, -0.1) is 0 Å². The number of nitrogens with zero attached hydrogens (tertiary/aromatic N) is 2. The average Bonchev–Trinajstić information content (AvgIpc) is 2.71. The van der Waals surface area contributed by atoms with Gasteiger partial charge >= 0.3 is 5.97 Å². The summed E-state index contributed by atoms with van der Waals surface area (Å²) in [4.78, 5) is 24.6. The molecule has 0 bridgehead atoms. The Bertz CT molecular complexity index is 467. The van der Waals surface area contributed by atoms with Gasteiger partial charge in [0.2, 0.25) is 11.8 Å². The Morgan fingerprint density at radius 1 is 1.53 bits per heavy atom. The third-order valence-corrected chi connectivity index (χ3v) is 2.92. The summed E-state index contributed by atoms with van der Waals surface area (Å²) >= 11 is 0. The zero-order valence-corrected chi connectivity index (χ0v) is 11.6. The van der Waals surface area contributed by atoms with Gasteiger partial charge in [0.15, 0.2) is 0 Å². The fraction of sp³-hybridized carbons (Fsp3) is 0.583. The van der Waals surface area contributed by atoms with Gasteiger partial charge in [0, 0.05) is 6.07 Å². The summed E-state index contributed by atoms with van der Waals surface area (Å²) in [6.07, 6.45) is 0. The molecule has 7 heteroatoms. The molecule has 0 saturated carbocycles. The maximum absolute atomic E-state index is 11.8. The van der Waals surface area contributed by atoms with E-state index in [-0.39, 0.29) is 18.3 Å². The SMILES string of the molecule is CCN(CC(=O)Nc1cc(C)no1)C(C)(C)C(=O)O. The van der Waals surface area contributed by atoms with Crippen molar-refractivity contribution in [2.24, 2.45) is 0 Å². The molecule has 0 atom stereocenters. The first-order chi connectivity index (χ1) is 8.77. The molecule has 1 rings (SSSR count). The van der Waals surface area contributed by atoms with Gasteiger partial charge < -0.3 is 9.63 Å². The van der Waals surface area contributed by atoms with Gasteiger partial charge in [0.25, 0.3) is 0 Å². The Hall–Kier alpha value is -1.89. The van der Waals surface area contributed by atoms with Crippen molar-refractivity contribution in [1.29, 1.82) is 0 Å². The number of aryl methyl sites for hydroxylation is 1. The normalized spacial score (nSPS) is 11.6. The molecule has 19 heavy (non-hydrogen) atoms. The summed E-state index contributed by atoms with van der Waals surface area (Å²) in [6.45, 7) is 7.08. The van der Waals surface area contributed by atoms with E-state index in [9.17, 15) is 9.59 Å². The number of likely N-dealkylation sites (N-methyl/N-ethyl adjacent to an activating group) is 1. The number of aromatic nitrogens is 1. The predicted octanol–water partition coefficient (Wildman–Crippen LogP) is 1.11. The number of carboxylic acids is 1. The van der Waals surface area contributed by atoms with E-state index < -0.39 is 11.5 Å².